The van der Waals surface area contributed by atoms with Gasteiger partial charge in [-0.25, -0.2) is 0 Å². The molecule has 5 heteroatoms. The number of pyridine rings is 1. The lowest BCUT2D eigenvalue weighted by molar-refractivity contribution is -0.121. The average Bonchev–Trinajstić information content (AvgIpc) is 3.01. The summed E-state index contributed by atoms with van der Waals surface area (Å²) in [6.07, 6.45) is 7.05. The van der Waals surface area contributed by atoms with Crippen LogP contribution in [0.5, 0.6) is 5.75 Å². The van der Waals surface area contributed by atoms with Gasteiger partial charge in [0.1, 0.15) is 11.9 Å². The minimum absolute atomic E-state index is 0.0207. The number of thioether (sulfide) groups is 1. The smallest absolute Gasteiger partial charge is 0.220 e. The van der Waals surface area contributed by atoms with Crippen molar-refractivity contribution in [3.8, 4) is 16.9 Å². The summed E-state index contributed by atoms with van der Waals surface area (Å²) in [5.74, 6) is 1.86. The standard InChI is InChI=1S/C18H20N2O2S/c1-23-8-6-18(21)20-12-16-10-15-9-13(4-5-17(15)22-16)14-3-2-7-19-11-14/h2-5,7,9,11,16H,6,8,10,12H2,1H3,(H,20,21)/t16-/m1/s1. The van der Waals surface area contributed by atoms with Gasteiger partial charge in [0, 0.05) is 36.6 Å². The Kier molecular flexibility index (Phi) is 5.18. The summed E-state index contributed by atoms with van der Waals surface area (Å²) >= 11 is 1.68. The van der Waals surface area contributed by atoms with E-state index in [1.807, 2.05) is 30.7 Å². The quantitative estimate of drug-likeness (QED) is 0.886. The second-order valence-corrected chi connectivity index (χ2v) is 6.54. The minimum atomic E-state index is 0.0207. The van der Waals surface area contributed by atoms with Crippen molar-refractivity contribution in [2.75, 3.05) is 18.6 Å². The molecule has 2 heterocycles. The molecule has 1 aromatic carbocycles. The third-order valence-electron chi connectivity index (χ3n) is 3.86. The molecule has 0 radical (unpaired) electrons. The number of ether oxygens (including phenoxy) is 1. The number of rotatable bonds is 6. The van der Waals surface area contributed by atoms with E-state index in [1.54, 1.807) is 18.0 Å². The van der Waals surface area contributed by atoms with Gasteiger partial charge < -0.3 is 10.1 Å². The third-order valence-corrected chi connectivity index (χ3v) is 4.47. The first kappa shape index (κ1) is 15.9. The Morgan fingerprint density at radius 2 is 2.30 bits per heavy atom. The van der Waals surface area contributed by atoms with E-state index in [9.17, 15) is 4.79 Å². The van der Waals surface area contributed by atoms with Crippen molar-refractivity contribution in [2.45, 2.75) is 18.9 Å². The maximum absolute atomic E-state index is 11.7. The largest absolute Gasteiger partial charge is 0.488 e. The number of carbonyl (C=O) groups excluding carboxylic acids is 1. The number of nitrogens with one attached hydrogen (secondary N) is 1. The maximum atomic E-state index is 11.7. The lowest BCUT2D eigenvalue weighted by atomic mass is 10.0. The zero-order valence-corrected chi connectivity index (χ0v) is 13.9. The Labute approximate surface area is 140 Å². The fourth-order valence-electron chi connectivity index (χ4n) is 2.66. The van der Waals surface area contributed by atoms with Crippen molar-refractivity contribution in [1.29, 1.82) is 0 Å². The summed E-state index contributed by atoms with van der Waals surface area (Å²) in [6, 6.07) is 10.2. The van der Waals surface area contributed by atoms with E-state index in [1.165, 1.54) is 5.56 Å². The monoisotopic (exact) mass is 328 g/mol. The molecule has 0 aliphatic carbocycles. The van der Waals surface area contributed by atoms with Crippen molar-refractivity contribution in [1.82, 2.24) is 10.3 Å². The lowest BCUT2D eigenvalue weighted by Gasteiger charge is -2.11. The van der Waals surface area contributed by atoms with Gasteiger partial charge in [0.05, 0.1) is 6.54 Å². The Morgan fingerprint density at radius 3 is 3.09 bits per heavy atom. The molecule has 3 rings (SSSR count). The van der Waals surface area contributed by atoms with Gasteiger partial charge in [-0.05, 0) is 35.6 Å². The van der Waals surface area contributed by atoms with Crippen LogP contribution in [0.3, 0.4) is 0 Å². The number of hydrogen-bond donors (Lipinski definition) is 1. The number of amides is 1. The van der Waals surface area contributed by atoms with Gasteiger partial charge in [-0.3, -0.25) is 9.78 Å². The highest BCUT2D eigenvalue weighted by Crippen LogP contribution is 2.32. The highest BCUT2D eigenvalue weighted by atomic mass is 32.2. The van der Waals surface area contributed by atoms with E-state index >= 15 is 0 Å². The van der Waals surface area contributed by atoms with Gasteiger partial charge in [-0.1, -0.05) is 12.1 Å². The summed E-state index contributed by atoms with van der Waals surface area (Å²) in [6.45, 7) is 0.560. The molecule has 2 aromatic rings. The Hall–Kier alpha value is -2.01. The summed E-state index contributed by atoms with van der Waals surface area (Å²) in [7, 11) is 0. The van der Waals surface area contributed by atoms with Gasteiger partial charge in [0.15, 0.2) is 0 Å². The van der Waals surface area contributed by atoms with Crippen molar-refractivity contribution in [3.05, 3.63) is 48.3 Å². The van der Waals surface area contributed by atoms with E-state index in [0.29, 0.717) is 13.0 Å². The molecule has 0 bridgehead atoms. The molecule has 1 atom stereocenters. The van der Waals surface area contributed by atoms with Crippen LogP contribution in [-0.2, 0) is 11.2 Å². The highest BCUT2D eigenvalue weighted by Gasteiger charge is 2.23. The number of aromatic nitrogens is 1. The Balaban J connectivity index is 1.60. The minimum Gasteiger partial charge on any atom is -0.488 e. The summed E-state index contributed by atoms with van der Waals surface area (Å²) in [5.41, 5.74) is 3.43. The van der Waals surface area contributed by atoms with Crippen LogP contribution < -0.4 is 10.1 Å². The predicted octanol–water partition coefficient (Wildman–Crippen LogP) is 2.92. The molecular weight excluding hydrogens is 308 g/mol. The van der Waals surface area contributed by atoms with Crippen LogP contribution in [0, 0.1) is 0 Å². The van der Waals surface area contributed by atoms with Crippen LogP contribution in [0.2, 0.25) is 0 Å². The first-order valence-electron chi connectivity index (χ1n) is 7.72. The van der Waals surface area contributed by atoms with E-state index in [4.69, 9.17) is 4.74 Å². The molecule has 120 valence electrons. The van der Waals surface area contributed by atoms with Crippen LogP contribution >= 0.6 is 11.8 Å². The third kappa shape index (κ3) is 4.05. The Bertz CT molecular complexity index is 676. The lowest BCUT2D eigenvalue weighted by Crippen LogP contribution is -2.34. The summed E-state index contributed by atoms with van der Waals surface area (Å²) < 4.78 is 5.92. The molecule has 1 aliphatic heterocycles. The highest BCUT2D eigenvalue weighted by molar-refractivity contribution is 7.98. The topological polar surface area (TPSA) is 51.2 Å². The number of fused-ring (bicyclic) bond motifs is 1. The average molecular weight is 328 g/mol. The van der Waals surface area contributed by atoms with Crippen LogP contribution in [0.25, 0.3) is 11.1 Å². The van der Waals surface area contributed by atoms with Crippen molar-refractivity contribution in [3.63, 3.8) is 0 Å². The molecule has 1 aliphatic rings. The second kappa shape index (κ2) is 7.51. The van der Waals surface area contributed by atoms with E-state index in [2.05, 4.69) is 22.4 Å². The van der Waals surface area contributed by atoms with Crippen LogP contribution in [0.15, 0.2) is 42.7 Å². The molecule has 1 N–H and O–H groups in total. The number of nitrogens with zero attached hydrogens (tertiary/aromatic N) is 1. The first-order valence-corrected chi connectivity index (χ1v) is 9.11. The zero-order valence-electron chi connectivity index (χ0n) is 13.1. The molecule has 1 aromatic heterocycles. The molecule has 0 saturated carbocycles. The van der Waals surface area contributed by atoms with E-state index < -0.39 is 0 Å². The molecule has 4 nitrogen and oxygen atoms in total. The predicted molar refractivity (Wildman–Crippen MR) is 93.8 cm³/mol. The zero-order chi connectivity index (χ0) is 16.1. The molecular formula is C18H20N2O2S. The van der Waals surface area contributed by atoms with E-state index in [-0.39, 0.29) is 12.0 Å². The number of hydrogen-bond acceptors (Lipinski definition) is 4. The van der Waals surface area contributed by atoms with Gasteiger partial charge in [0.25, 0.3) is 0 Å². The molecule has 0 fully saturated rings. The van der Waals surface area contributed by atoms with E-state index in [0.717, 1.165) is 29.1 Å². The SMILES string of the molecule is CSCCC(=O)NC[C@H]1Cc2cc(-c3cccnc3)ccc2O1. The maximum Gasteiger partial charge on any atom is 0.220 e. The van der Waals surface area contributed by atoms with Crippen molar-refractivity contribution in [2.24, 2.45) is 0 Å². The molecule has 1 amide bonds. The van der Waals surface area contributed by atoms with Crippen LogP contribution in [0.1, 0.15) is 12.0 Å². The molecule has 0 saturated heterocycles. The van der Waals surface area contributed by atoms with Crippen LogP contribution in [-0.4, -0.2) is 35.5 Å². The number of carbonyl (C=O) groups is 1. The second-order valence-electron chi connectivity index (χ2n) is 5.56. The van der Waals surface area contributed by atoms with Gasteiger partial charge in [-0.2, -0.15) is 11.8 Å². The Morgan fingerprint density at radius 1 is 1.39 bits per heavy atom. The molecule has 0 spiro atoms. The fraction of sp³-hybridized carbons (Fsp3) is 0.333. The fourth-order valence-corrected chi connectivity index (χ4v) is 3.05. The van der Waals surface area contributed by atoms with Crippen LogP contribution in [0.4, 0.5) is 0 Å². The molecule has 0 unspecified atom stereocenters. The normalized spacial score (nSPS) is 15.8. The van der Waals surface area contributed by atoms with Crippen molar-refractivity contribution < 1.29 is 9.53 Å². The van der Waals surface area contributed by atoms with Gasteiger partial charge in [0.2, 0.25) is 5.91 Å². The first-order chi connectivity index (χ1) is 11.3. The number of benzene rings is 1. The van der Waals surface area contributed by atoms with Gasteiger partial charge in [-0.15, -0.1) is 0 Å². The summed E-state index contributed by atoms with van der Waals surface area (Å²) in [5, 5.41) is 2.95. The van der Waals surface area contributed by atoms with Gasteiger partial charge >= 0.3 is 0 Å². The van der Waals surface area contributed by atoms with Crippen molar-refractivity contribution >= 4 is 17.7 Å². The molecule has 23 heavy (non-hydrogen) atoms. The summed E-state index contributed by atoms with van der Waals surface area (Å²) in [4.78, 5) is 15.8.